The molecule has 2 atom stereocenters. The summed E-state index contributed by atoms with van der Waals surface area (Å²) in [7, 11) is 1.68. The summed E-state index contributed by atoms with van der Waals surface area (Å²) < 4.78 is 10.9. The Hall–Kier alpha value is -2.59. The first-order chi connectivity index (χ1) is 14.7. The molecule has 0 spiro atoms. The molecule has 3 rings (SSSR count). The number of hydrogen-bond donors (Lipinski definition) is 2. The molecule has 0 amide bonds. The van der Waals surface area contributed by atoms with Crippen molar-refractivity contribution in [1.29, 1.82) is 5.26 Å². The third kappa shape index (κ3) is 6.46. The van der Waals surface area contributed by atoms with Crippen LogP contribution >= 0.6 is 0 Å². The predicted molar refractivity (Wildman–Crippen MR) is 117 cm³/mol. The number of ether oxygens (including phenoxy) is 2. The third-order valence-corrected chi connectivity index (χ3v) is 5.48. The summed E-state index contributed by atoms with van der Waals surface area (Å²) in [5.74, 6) is 1.51. The van der Waals surface area contributed by atoms with Crippen molar-refractivity contribution in [3.05, 3.63) is 59.7 Å². The van der Waals surface area contributed by atoms with Crippen LogP contribution < -0.4 is 14.8 Å². The molecular weight excluding hydrogens is 378 g/mol. The molecule has 1 aliphatic heterocycles. The van der Waals surface area contributed by atoms with Crippen LogP contribution in [0.25, 0.3) is 0 Å². The summed E-state index contributed by atoms with van der Waals surface area (Å²) >= 11 is 0. The van der Waals surface area contributed by atoms with Crippen LogP contribution in [0, 0.1) is 11.3 Å². The van der Waals surface area contributed by atoms with Gasteiger partial charge in [0.1, 0.15) is 24.2 Å². The minimum absolute atomic E-state index is 0.204. The fourth-order valence-corrected chi connectivity index (χ4v) is 3.78. The number of aliphatic hydroxyl groups is 1. The number of nitrogens with one attached hydrogen (secondary N) is 1. The highest BCUT2D eigenvalue weighted by atomic mass is 16.5. The lowest BCUT2D eigenvalue weighted by Gasteiger charge is -2.35. The number of methoxy groups -OCH3 is 1. The maximum absolute atomic E-state index is 10.3. The van der Waals surface area contributed by atoms with Crippen LogP contribution in [0.4, 0.5) is 0 Å². The molecule has 1 fully saturated rings. The van der Waals surface area contributed by atoms with E-state index in [0.29, 0.717) is 17.9 Å². The van der Waals surface area contributed by atoms with Crippen LogP contribution in [0.1, 0.15) is 36.4 Å². The number of nitrogens with zero attached hydrogens (tertiary/aromatic N) is 2. The minimum Gasteiger partial charge on any atom is -0.497 e. The number of nitriles is 1. The van der Waals surface area contributed by atoms with Crippen molar-refractivity contribution in [2.45, 2.75) is 31.4 Å². The van der Waals surface area contributed by atoms with Crippen LogP contribution in [0.5, 0.6) is 11.5 Å². The van der Waals surface area contributed by atoms with Gasteiger partial charge in [0.25, 0.3) is 0 Å². The first-order valence-electron chi connectivity index (χ1n) is 10.6. The van der Waals surface area contributed by atoms with E-state index in [4.69, 9.17) is 14.7 Å². The molecule has 0 aromatic heterocycles. The van der Waals surface area contributed by atoms with Gasteiger partial charge in [-0.1, -0.05) is 18.6 Å². The zero-order valence-corrected chi connectivity index (χ0v) is 17.6. The van der Waals surface area contributed by atoms with E-state index >= 15 is 0 Å². The van der Waals surface area contributed by atoms with Gasteiger partial charge in [-0.05, 0) is 67.9 Å². The Kier molecular flexibility index (Phi) is 8.52. The van der Waals surface area contributed by atoms with Gasteiger partial charge >= 0.3 is 0 Å². The molecule has 6 heteroatoms. The molecule has 1 aliphatic rings. The highest BCUT2D eigenvalue weighted by Crippen LogP contribution is 2.25. The number of aliphatic hydroxyl groups excluding tert-OH is 1. The smallest absolute Gasteiger partial charge is 0.119 e. The van der Waals surface area contributed by atoms with Crippen molar-refractivity contribution in [3.63, 3.8) is 0 Å². The van der Waals surface area contributed by atoms with E-state index < -0.39 is 6.10 Å². The number of rotatable bonds is 10. The second kappa shape index (κ2) is 11.6. The molecule has 2 aromatic carbocycles. The van der Waals surface area contributed by atoms with Gasteiger partial charge in [-0.2, -0.15) is 5.26 Å². The fourth-order valence-electron chi connectivity index (χ4n) is 3.78. The van der Waals surface area contributed by atoms with Crippen LogP contribution in [-0.4, -0.2) is 56.0 Å². The van der Waals surface area contributed by atoms with Gasteiger partial charge in [-0.25, -0.2) is 0 Å². The largest absolute Gasteiger partial charge is 0.497 e. The zero-order chi connectivity index (χ0) is 21.2. The van der Waals surface area contributed by atoms with E-state index in [0.717, 1.165) is 25.4 Å². The Bertz CT molecular complexity index is 796. The molecule has 6 nitrogen and oxygen atoms in total. The Balaban J connectivity index is 1.50. The van der Waals surface area contributed by atoms with Gasteiger partial charge in [0.05, 0.1) is 18.7 Å². The number of piperidine rings is 1. The topological polar surface area (TPSA) is 77.7 Å². The summed E-state index contributed by atoms with van der Waals surface area (Å²) in [6.45, 7) is 3.62. The van der Waals surface area contributed by atoms with E-state index in [1.807, 2.05) is 12.1 Å². The summed E-state index contributed by atoms with van der Waals surface area (Å²) in [6, 6.07) is 17.5. The predicted octanol–water partition coefficient (Wildman–Crippen LogP) is 3.12. The van der Waals surface area contributed by atoms with E-state index in [1.54, 1.807) is 31.4 Å². The normalized spacial score (nSPS) is 16.4. The van der Waals surface area contributed by atoms with Gasteiger partial charge in [-0.15, -0.1) is 0 Å². The maximum atomic E-state index is 10.3. The van der Waals surface area contributed by atoms with Crippen LogP contribution in [0.15, 0.2) is 48.5 Å². The Morgan fingerprint density at radius 2 is 1.67 bits per heavy atom. The zero-order valence-electron chi connectivity index (χ0n) is 17.6. The molecule has 1 saturated heterocycles. The van der Waals surface area contributed by atoms with Gasteiger partial charge in [0.15, 0.2) is 0 Å². The summed E-state index contributed by atoms with van der Waals surface area (Å²) in [6.07, 6.45) is 3.14. The highest BCUT2D eigenvalue weighted by Gasteiger charge is 2.22. The third-order valence-electron chi connectivity index (χ3n) is 5.48. The van der Waals surface area contributed by atoms with Crippen molar-refractivity contribution in [2.75, 3.05) is 39.9 Å². The summed E-state index contributed by atoms with van der Waals surface area (Å²) in [5.41, 5.74) is 1.85. The van der Waals surface area contributed by atoms with Crippen molar-refractivity contribution in [1.82, 2.24) is 10.2 Å². The van der Waals surface area contributed by atoms with E-state index in [1.165, 1.54) is 24.8 Å². The van der Waals surface area contributed by atoms with E-state index in [2.05, 4.69) is 28.4 Å². The lowest BCUT2D eigenvalue weighted by atomic mass is 10.0. The van der Waals surface area contributed by atoms with Crippen molar-refractivity contribution in [3.8, 4) is 17.6 Å². The Morgan fingerprint density at radius 3 is 2.30 bits per heavy atom. The molecule has 2 aromatic rings. The number of benzene rings is 2. The van der Waals surface area contributed by atoms with Gasteiger partial charge in [-0.3, -0.25) is 4.90 Å². The monoisotopic (exact) mass is 409 g/mol. The van der Waals surface area contributed by atoms with Crippen LogP contribution in [0.3, 0.4) is 0 Å². The standard InChI is InChI=1S/C24H31N3O3/c1-29-22-11-7-20(8-12-22)24(27-13-3-2-4-14-27)17-26-16-21(28)18-30-23-9-5-19(15-25)6-10-23/h5-12,21,24,26,28H,2-4,13-14,16-18H2,1H3. The molecule has 2 unspecified atom stereocenters. The Morgan fingerprint density at radius 1 is 1.00 bits per heavy atom. The number of hydrogen-bond acceptors (Lipinski definition) is 6. The summed E-state index contributed by atoms with van der Waals surface area (Å²) in [4.78, 5) is 2.53. The second-order valence-corrected chi connectivity index (χ2v) is 7.64. The fraction of sp³-hybridized carbons (Fsp3) is 0.458. The molecule has 160 valence electrons. The molecule has 0 aliphatic carbocycles. The molecule has 0 bridgehead atoms. The molecule has 1 heterocycles. The van der Waals surface area contributed by atoms with Crippen LogP contribution in [0.2, 0.25) is 0 Å². The lowest BCUT2D eigenvalue weighted by Crippen LogP contribution is -2.41. The quantitative estimate of drug-likeness (QED) is 0.628. The van der Waals surface area contributed by atoms with Crippen molar-refractivity contribution < 1.29 is 14.6 Å². The average Bonchev–Trinajstić information content (AvgIpc) is 2.81. The molecule has 0 radical (unpaired) electrons. The lowest BCUT2D eigenvalue weighted by molar-refractivity contribution is 0.101. The van der Waals surface area contributed by atoms with Crippen LogP contribution in [-0.2, 0) is 0 Å². The van der Waals surface area contributed by atoms with E-state index in [-0.39, 0.29) is 12.6 Å². The number of likely N-dealkylation sites (tertiary alicyclic amines) is 1. The summed E-state index contributed by atoms with van der Waals surface area (Å²) in [5, 5.41) is 22.6. The maximum Gasteiger partial charge on any atom is 0.119 e. The van der Waals surface area contributed by atoms with Gasteiger partial charge in [0.2, 0.25) is 0 Å². The molecular formula is C24H31N3O3. The minimum atomic E-state index is -0.612. The van der Waals surface area contributed by atoms with Gasteiger partial charge < -0.3 is 19.9 Å². The molecule has 30 heavy (non-hydrogen) atoms. The molecule has 2 N–H and O–H groups in total. The Labute approximate surface area is 179 Å². The van der Waals surface area contributed by atoms with Crippen molar-refractivity contribution >= 4 is 0 Å². The van der Waals surface area contributed by atoms with E-state index in [9.17, 15) is 5.11 Å². The first kappa shape index (κ1) is 22.1. The SMILES string of the molecule is COc1ccc(C(CNCC(O)COc2ccc(C#N)cc2)N2CCCCC2)cc1. The molecule has 0 saturated carbocycles. The van der Waals surface area contributed by atoms with Gasteiger partial charge in [0, 0.05) is 19.1 Å². The second-order valence-electron chi connectivity index (χ2n) is 7.64. The average molecular weight is 410 g/mol. The highest BCUT2D eigenvalue weighted by molar-refractivity contribution is 5.34. The van der Waals surface area contributed by atoms with Crippen molar-refractivity contribution in [2.24, 2.45) is 0 Å². The first-order valence-corrected chi connectivity index (χ1v) is 10.6.